The lowest BCUT2D eigenvalue weighted by Crippen LogP contribution is -2.29. The molecule has 1 saturated heterocycles. The van der Waals surface area contributed by atoms with E-state index in [0.717, 1.165) is 43.4 Å². The van der Waals surface area contributed by atoms with Gasteiger partial charge in [0.25, 0.3) is 5.78 Å². The summed E-state index contributed by atoms with van der Waals surface area (Å²) in [5.41, 5.74) is 1.01. The number of aromatic nitrogens is 1. The Kier molecular flexibility index (Phi) is 12.0. The molecule has 0 aliphatic carbocycles. The van der Waals surface area contributed by atoms with E-state index in [1.807, 2.05) is 0 Å². The third-order valence-corrected chi connectivity index (χ3v) is 8.49. The molecule has 0 saturated carbocycles. The lowest BCUT2D eigenvalue weighted by molar-refractivity contribution is -0.132. The maximum absolute atomic E-state index is 13.7. The number of amides is 1. The lowest BCUT2D eigenvalue weighted by atomic mass is 9.95. The fourth-order valence-electron chi connectivity index (χ4n) is 4.93. The van der Waals surface area contributed by atoms with Crippen LogP contribution in [0.1, 0.15) is 78.5 Å². The highest BCUT2D eigenvalue weighted by atomic mass is 32.1. The summed E-state index contributed by atoms with van der Waals surface area (Å²) in [5.74, 6) is -1.24. The Morgan fingerprint density at radius 2 is 1.74 bits per heavy atom. The van der Waals surface area contributed by atoms with Gasteiger partial charge in [0.1, 0.15) is 23.0 Å². The number of ether oxygens (including phenoxy) is 4. The molecule has 0 spiro atoms. The zero-order valence-corrected chi connectivity index (χ0v) is 27.5. The molecular formula is C35H40N2O8S. The summed E-state index contributed by atoms with van der Waals surface area (Å²) in [6.45, 7) is 10.4. The smallest absolute Gasteiger partial charge is 0.350 e. The van der Waals surface area contributed by atoms with E-state index in [1.165, 1.54) is 18.1 Å². The number of aliphatic hydroxyl groups is 1. The summed E-state index contributed by atoms with van der Waals surface area (Å²) in [7, 11) is 1.50. The molecule has 3 aromatic rings. The second-order valence-corrected chi connectivity index (χ2v) is 11.6. The Labute approximate surface area is 273 Å². The molecule has 10 nitrogen and oxygen atoms in total. The van der Waals surface area contributed by atoms with Crippen molar-refractivity contribution in [1.82, 2.24) is 4.98 Å². The van der Waals surface area contributed by atoms with Crippen LogP contribution in [0.3, 0.4) is 0 Å². The summed E-state index contributed by atoms with van der Waals surface area (Å²) in [4.78, 5) is 46.0. The van der Waals surface area contributed by atoms with Gasteiger partial charge < -0.3 is 24.1 Å². The van der Waals surface area contributed by atoms with Crippen molar-refractivity contribution in [2.24, 2.45) is 0 Å². The van der Waals surface area contributed by atoms with Gasteiger partial charge in [-0.2, -0.15) is 0 Å². The van der Waals surface area contributed by atoms with E-state index in [1.54, 1.807) is 49.4 Å². The van der Waals surface area contributed by atoms with Gasteiger partial charge in [-0.3, -0.25) is 14.5 Å². The number of hydrogen-bond acceptors (Lipinski definition) is 10. The zero-order valence-electron chi connectivity index (χ0n) is 26.7. The number of hydrogen-bond donors (Lipinski definition) is 1. The minimum Gasteiger partial charge on any atom is -0.507 e. The van der Waals surface area contributed by atoms with Crippen LogP contribution in [0, 0.1) is 6.92 Å². The van der Waals surface area contributed by atoms with Crippen molar-refractivity contribution in [3.05, 3.63) is 82.4 Å². The van der Waals surface area contributed by atoms with Crippen LogP contribution in [-0.2, 0) is 14.3 Å². The predicted molar refractivity (Wildman–Crippen MR) is 177 cm³/mol. The monoisotopic (exact) mass is 648 g/mol. The molecule has 1 atom stereocenters. The molecular weight excluding hydrogens is 608 g/mol. The average Bonchev–Trinajstić information content (AvgIpc) is 3.57. The van der Waals surface area contributed by atoms with Crippen LogP contribution in [0.4, 0.5) is 5.13 Å². The number of methoxy groups -OCH3 is 1. The molecule has 1 amide bonds. The van der Waals surface area contributed by atoms with Crippen molar-refractivity contribution in [2.75, 3.05) is 31.8 Å². The number of carbonyl (C=O) groups is 3. The van der Waals surface area contributed by atoms with Crippen molar-refractivity contribution in [2.45, 2.75) is 58.9 Å². The first-order chi connectivity index (χ1) is 22.2. The molecule has 1 aliphatic rings. The van der Waals surface area contributed by atoms with E-state index in [-0.39, 0.29) is 27.9 Å². The van der Waals surface area contributed by atoms with Crippen LogP contribution in [-0.4, -0.2) is 54.7 Å². The number of anilines is 1. The van der Waals surface area contributed by atoms with Gasteiger partial charge in [0, 0.05) is 5.56 Å². The highest BCUT2D eigenvalue weighted by Crippen LogP contribution is 2.45. The fourth-order valence-corrected chi connectivity index (χ4v) is 5.91. The van der Waals surface area contributed by atoms with Crippen LogP contribution in [0.15, 0.2) is 60.7 Å². The first-order valence-electron chi connectivity index (χ1n) is 15.4. The molecule has 1 fully saturated rings. The number of rotatable bonds is 16. The Bertz CT molecular complexity index is 1590. The first-order valence-corrected chi connectivity index (χ1v) is 16.2. The molecule has 244 valence electrons. The summed E-state index contributed by atoms with van der Waals surface area (Å²) in [5, 5.41) is 11.7. The number of Topliss-reactive ketones (excluding diaryl/α,β-unsaturated/α-hetero) is 1. The SMILES string of the molecule is C=CCOC(=O)c1sc(N2C(=O)C(=O)C(=C(O)c3ccc(OCCCC)cc3)[C@@H]2c2ccc(OCCCCC)c(OC)c2)nc1C. The van der Waals surface area contributed by atoms with Gasteiger partial charge >= 0.3 is 11.9 Å². The number of esters is 1. The van der Waals surface area contributed by atoms with E-state index >= 15 is 0 Å². The zero-order chi connectivity index (χ0) is 33.2. The van der Waals surface area contributed by atoms with Gasteiger partial charge in [-0.15, -0.1) is 0 Å². The Morgan fingerprint density at radius 3 is 2.41 bits per heavy atom. The molecule has 1 aliphatic heterocycles. The number of nitrogens with zero attached hydrogens (tertiary/aromatic N) is 2. The van der Waals surface area contributed by atoms with Gasteiger partial charge in [-0.1, -0.05) is 63.2 Å². The van der Waals surface area contributed by atoms with E-state index in [4.69, 9.17) is 18.9 Å². The van der Waals surface area contributed by atoms with E-state index < -0.39 is 23.7 Å². The molecule has 1 N–H and O–H groups in total. The summed E-state index contributed by atoms with van der Waals surface area (Å²) < 4.78 is 22.5. The largest absolute Gasteiger partial charge is 0.507 e. The quantitative estimate of drug-likeness (QED) is 0.0430. The van der Waals surface area contributed by atoms with Crippen molar-refractivity contribution < 1.29 is 38.4 Å². The van der Waals surface area contributed by atoms with Crippen molar-refractivity contribution in [1.29, 1.82) is 0 Å². The van der Waals surface area contributed by atoms with E-state index in [9.17, 15) is 19.5 Å². The molecule has 11 heteroatoms. The Morgan fingerprint density at radius 1 is 1.02 bits per heavy atom. The maximum atomic E-state index is 13.7. The number of ketones is 1. The van der Waals surface area contributed by atoms with Crippen LogP contribution in [0.25, 0.3) is 5.76 Å². The van der Waals surface area contributed by atoms with Crippen LogP contribution in [0.5, 0.6) is 17.2 Å². The second kappa shape index (κ2) is 16.1. The second-order valence-electron chi connectivity index (χ2n) is 10.7. The normalized spacial score (nSPS) is 15.6. The van der Waals surface area contributed by atoms with Gasteiger partial charge in [-0.25, -0.2) is 9.78 Å². The molecule has 2 heterocycles. The molecule has 2 aromatic carbocycles. The third-order valence-electron chi connectivity index (χ3n) is 7.36. The van der Waals surface area contributed by atoms with E-state index in [0.29, 0.717) is 47.3 Å². The van der Waals surface area contributed by atoms with Gasteiger partial charge in [-0.05, 0) is 61.7 Å². The Balaban J connectivity index is 1.81. The minimum atomic E-state index is -1.09. The Hall–Kier alpha value is -4.64. The van der Waals surface area contributed by atoms with Crippen LogP contribution < -0.4 is 19.1 Å². The number of thiazole rings is 1. The summed E-state index contributed by atoms with van der Waals surface area (Å²) in [6, 6.07) is 10.7. The molecule has 0 radical (unpaired) electrons. The summed E-state index contributed by atoms with van der Waals surface area (Å²) >= 11 is 0.925. The first kappa shape index (κ1) is 34.2. The highest BCUT2D eigenvalue weighted by Gasteiger charge is 2.48. The predicted octanol–water partition coefficient (Wildman–Crippen LogP) is 7.18. The summed E-state index contributed by atoms with van der Waals surface area (Å²) in [6.07, 6.45) is 6.30. The number of aryl methyl sites for hydroxylation is 1. The molecule has 46 heavy (non-hydrogen) atoms. The average molecular weight is 649 g/mol. The maximum Gasteiger partial charge on any atom is 0.350 e. The number of carbonyl (C=O) groups excluding carboxylic acids is 3. The highest BCUT2D eigenvalue weighted by molar-refractivity contribution is 7.17. The van der Waals surface area contributed by atoms with Crippen molar-refractivity contribution in [3.8, 4) is 17.2 Å². The number of benzene rings is 2. The van der Waals surface area contributed by atoms with Gasteiger partial charge in [0.05, 0.1) is 37.6 Å². The number of unbranched alkanes of at least 4 members (excludes halogenated alkanes) is 3. The van der Waals surface area contributed by atoms with Crippen LogP contribution >= 0.6 is 11.3 Å². The van der Waals surface area contributed by atoms with Crippen molar-refractivity contribution in [3.63, 3.8) is 0 Å². The standard InChI is InChI=1S/C35H40N2O8S/c1-6-9-11-20-44-26-17-14-24(21-27(26)42-5)29-28(30(38)23-12-15-25(16-13-23)43-19-10-7-2)31(39)33(40)37(29)35-36-22(4)32(46-35)34(41)45-18-8-3/h8,12-17,21,29,38H,3,6-7,9-11,18-20H2,1-2,4-5H3/t29-/m0/s1. The molecule has 0 bridgehead atoms. The number of aliphatic hydroxyl groups excluding tert-OH is 1. The molecule has 0 unspecified atom stereocenters. The van der Waals surface area contributed by atoms with Crippen LogP contribution in [0.2, 0.25) is 0 Å². The van der Waals surface area contributed by atoms with Gasteiger partial charge in [0.15, 0.2) is 16.6 Å². The fraction of sp³-hybridized carbons (Fsp3) is 0.371. The lowest BCUT2D eigenvalue weighted by Gasteiger charge is -2.24. The molecule has 1 aromatic heterocycles. The third kappa shape index (κ3) is 7.59. The topological polar surface area (TPSA) is 124 Å². The molecule has 4 rings (SSSR count). The minimum absolute atomic E-state index is 0.00507. The van der Waals surface area contributed by atoms with Crippen molar-refractivity contribution >= 4 is 39.9 Å². The van der Waals surface area contributed by atoms with E-state index in [2.05, 4.69) is 25.4 Å². The van der Waals surface area contributed by atoms with Gasteiger partial charge in [0.2, 0.25) is 0 Å².